The van der Waals surface area contributed by atoms with Crippen LogP contribution in [0.25, 0.3) is 0 Å². The molecule has 2 atom stereocenters. The molecule has 1 N–H and O–H groups in total. The zero-order valence-corrected chi connectivity index (χ0v) is 10.4. The number of aryl methyl sites for hydroxylation is 1. The van der Waals surface area contributed by atoms with Gasteiger partial charge in [0.15, 0.2) is 0 Å². The Hall–Kier alpha value is -0.870. The van der Waals surface area contributed by atoms with E-state index in [4.69, 9.17) is 4.74 Å². The maximum absolute atomic E-state index is 5.83. The van der Waals surface area contributed by atoms with Crippen molar-refractivity contribution in [3.05, 3.63) is 18.0 Å². The first kappa shape index (κ1) is 11.2. The van der Waals surface area contributed by atoms with Gasteiger partial charge in [-0.15, -0.1) is 0 Å². The van der Waals surface area contributed by atoms with Crippen LogP contribution in [0.15, 0.2) is 12.3 Å². The number of nitrogens with one attached hydrogen (secondary N) is 1. The van der Waals surface area contributed by atoms with Crippen molar-refractivity contribution in [2.24, 2.45) is 5.92 Å². The quantitative estimate of drug-likeness (QED) is 0.842. The molecule has 0 amide bonds. The van der Waals surface area contributed by atoms with Gasteiger partial charge in [0.2, 0.25) is 0 Å². The molecule has 0 bridgehead atoms. The molecule has 0 radical (unpaired) electrons. The fourth-order valence-corrected chi connectivity index (χ4v) is 2.75. The molecule has 1 aliphatic carbocycles. The number of rotatable bonds is 5. The lowest BCUT2D eigenvalue weighted by molar-refractivity contribution is 0.0807. The van der Waals surface area contributed by atoms with Crippen molar-refractivity contribution in [3.8, 4) is 0 Å². The van der Waals surface area contributed by atoms with Crippen molar-refractivity contribution in [1.82, 2.24) is 15.1 Å². The first-order valence-electron chi connectivity index (χ1n) is 6.74. The summed E-state index contributed by atoms with van der Waals surface area (Å²) in [6.45, 7) is 4.90. The highest BCUT2D eigenvalue weighted by Crippen LogP contribution is 2.38. The van der Waals surface area contributed by atoms with E-state index < -0.39 is 0 Å². The van der Waals surface area contributed by atoms with Crippen molar-refractivity contribution in [1.29, 1.82) is 0 Å². The Kier molecular flexibility index (Phi) is 3.16. The monoisotopic (exact) mass is 235 g/mol. The van der Waals surface area contributed by atoms with Crippen LogP contribution in [-0.2, 0) is 17.8 Å². The van der Waals surface area contributed by atoms with E-state index in [1.54, 1.807) is 0 Å². The van der Waals surface area contributed by atoms with Gasteiger partial charge in [0, 0.05) is 31.9 Å². The molecule has 4 heteroatoms. The minimum atomic E-state index is 0.466. The Morgan fingerprint density at radius 2 is 2.35 bits per heavy atom. The highest BCUT2D eigenvalue weighted by Gasteiger charge is 2.40. The Bertz CT molecular complexity index is 372. The molecule has 3 rings (SSSR count). The first-order chi connectivity index (χ1) is 8.38. The molecule has 2 fully saturated rings. The molecule has 1 aliphatic heterocycles. The van der Waals surface area contributed by atoms with E-state index in [0.717, 1.165) is 32.0 Å². The Morgan fingerprint density at radius 1 is 1.47 bits per heavy atom. The van der Waals surface area contributed by atoms with Crippen molar-refractivity contribution in [2.45, 2.75) is 51.4 Å². The summed E-state index contributed by atoms with van der Waals surface area (Å²) in [4.78, 5) is 0. The van der Waals surface area contributed by atoms with Gasteiger partial charge in [-0.25, -0.2) is 0 Å². The molecule has 1 saturated carbocycles. The van der Waals surface area contributed by atoms with Gasteiger partial charge in [0.1, 0.15) is 0 Å². The molecule has 94 valence electrons. The van der Waals surface area contributed by atoms with Crippen LogP contribution in [-0.4, -0.2) is 28.5 Å². The molecule has 2 heterocycles. The number of nitrogens with zero attached hydrogens (tertiary/aromatic N) is 2. The Labute approximate surface area is 102 Å². The molecule has 4 nitrogen and oxygen atoms in total. The molecular weight excluding hydrogens is 214 g/mol. The van der Waals surface area contributed by atoms with Gasteiger partial charge in [0.05, 0.1) is 11.8 Å². The van der Waals surface area contributed by atoms with Crippen LogP contribution in [0.1, 0.15) is 31.9 Å². The first-order valence-corrected chi connectivity index (χ1v) is 6.74. The maximum Gasteiger partial charge on any atom is 0.0757 e. The molecular formula is C13H21N3O. The van der Waals surface area contributed by atoms with E-state index in [1.807, 2.05) is 6.20 Å². The van der Waals surface area contributed by atoms with E-state index in [9.17, 15) is 0 Å². The molecule has 0 aromatic carbocycles. The standard InChI is InChI=1S/C13H21N3O/c1-2-16-11(5-7-15-16)9-14-12-6-8-17-13(12)10-3-4-10/h5,7,10,12-14H,2-4,6,8-9H2,1H3. The van der Waals surface area contributed by atoms with Gasteiger partial charge in [-0.2, -0.15) is 5.10 Å². The second-order valence-electron chi connectivity index (χ2n) is 5.09. The van der Waals surface area contributed by atoms with Crippen LogP contribution >= 0.6 is 0 Å². The van der Waals surface area contributed by atoms with Gasteiger partial charge >= 0.3 is 0 Å². The molecule has 2 aliphatic rings. The minimum Gasteiger partial charge on any atom is -0.376 e. The van der Waals surface area contributed by atoms with E-state index in [2.05, 4.69) is 28.1 Å². The third-order valence-corrected chi connectivity index (χ3v) is 3.87. The number of hydrogen-bond donors (Lipinski definition) is 1. The second-order valence-corrected chi connectivity index (χ2v) is 5.09. The summed E-state index contributed by atoms with van der Waals surface area (Å²) in [7, 11) is 0. The smallest absolute Gasteiger partial charge is 0.0757 e. The van der Waals surface area contributed by atoms with Crippen molar-refractivity contribution in [2.75, 3.05) is 6.61 Å². The fourth-order valence-electron chi connectivity index (χ4n) is 2.75. The second kappa shape index (κ2) is 4.78. The lowest BCUT2D eigenvalue weighted by atomic mass is 10.1. The highest BCUT2D eigenvalue weighted by atomic mass is 16.5. The highest BCUT2D eigenvalue weighted by molar-refractivity contribution is 5.02. The molecule has 17 heavy (non-hydrogen) atoms. The summed E-state index contributed by atoms with van der Waals surface area (Å²) in [5.41, 5.74) is 1.27. The predicted molar refractivity (Wildman–Crippen MR) is 65.6 cm³/mol. The average molecular weight is 235 g/mol. The van der Waals surface area contributed by atoms with Gasteiger partial charge in [0.25, 0.3) is 0 Å². The molecule has 0 spiro atoms. The van der Waals surface area contributed by atoms with Crippen LogP contribution in [0.2, 0.25) is 0 Å². The number of hydrogen-bond acceptors (Lipinski definition) is 3. The van der Waals surface area contributed by atoms with E-state index in [1.165, 1.54) is 18.5 Å². The molecule has 1 aromatic rings. The maximum atomic E-state index is 5.83. The van der Waals surface area contributed by atoms with Crippen LogP contribution in [0.3, 0.4) is 0 Å². The zero-order valence-electron chi connectivity index (χ0n) is 10.4. The average Bonchev–Trinajstić information content (AvgIpc) is 2.93. The largest absolute Gasteiger partial charge is 0.376 e. The summed E-state index contributed by atoms with van der Waals surface area (Å²) < 4.78 is 7.88. The minimum absolute atomic E-state index is 0.466. The molecule has 1 aromatic heterocycles. The van der Waals surface area contributed by atoms with Crippen LogP contribution < -0.4 is 5.32 Å². The topological polar surface area (TPSA) is 39.1 Å². The normalized spacial score (nSPS) is 28.8. The summed E-state index contributed by atoms with van der Waals surface area (Å²) in [6.07, 6.45) is 6.21. The fraction of sp³-hybridized carbons (Fsp3) is 0.769. The summed E-state index contributed by atoms with van der Waals surface area (Å²) in [5, 5.41) is 7.94. The Morgan fingerprint density at radius 3 is 3.12 bits per heavy atom. The summed E-state index contributed by atoms with van der Waals surface area (Å²) in [6, 6.07) is 2.64. The van der Waals surface area contributed by atoms with Crippen LogP contribution in [0.5, 0.6) is 0 Å². The SMILES string of the molecule is CCn1nccc1CNC1CCOC1C1CC1. The third-order valence-electron chi connectivity index (χ3n) is 3.87. The van der Waals surface area contributed by atoms with E-state index in [0.29, 0.717) is 12.1 Å². The van der Waals surface area contributed by atoms with Crippen molar-refractivity contribution >= 4 is 0 Å². The number of aromatic nitrogens is 2. The lowest BCUT2D eigenvalue weighted by Crippen LogP contribution is -2.37. The predicted octanol–water partition coefficient (Wildman–Crippen LogP) is 1.56. The van der Waals surface area contributed by atoms with E-state index >= 15 is 0 Å². The lowest BCUT2D eigenvalue weighted by Gasteiger charge is -2.19. The van der Waals surface area contributed by atoms with Gasteiger partial charge in [-0.05, 0) is 38.2 Å². The number of ether oxygens (including phenoxy) is 1. The van der Waals surface area contributed by atoms with Gasteiger partial charge in [-0.1, -0.05) is 0 Å². The summed E-state index contributed by atoms with van der Waals surface area (Å²) in [5.74, 6) is 0.825. The summed E-state index contributed by atoms with van der Waals surface area (Å²) >= 11 is 0. The molecule has 2 unspecified atom stereocenters. The third kappa shape index (κ3) is 2.38. The van der Waals surface area contributed by atoms with Crippen LogP contribution in [0.4, 0.5) is 0 Å². The van der Waals surface area contributed by atoms with E-state index in [-0.39, 0.29) is 0 Å². The van der Waals surface area contributed by atoms with Gasteiger partial charge in [-0.3, -0.25) is 4.68 Å². The van der Waals surface area contributed by atoms with Crippen LogP contribution in [0, 0.1) is 5.92 Å². The van der Waals surface area contributed by atoms with Gasteiger partial charge < -0.3 is 10.1 Å². The van der Waals surface area contributed by atoms with Crippen molar-refractivity contribution < 1.29 is 4.74 Å². The Balaban J connectivity index is 1.56. The zero-order chi connectivity index (χ0) is 11.7. The molecule has 1 saturated heterocycles. The van der Waals surface area contributed by atoms with Crippen molar-refractivity contribution in [3.63, 3.8) is 0 Å².